The summed E-state index contributed by atoms with van der Waals surface area (Å²) in [6, 6.07) is 9.16. The summed E-state index contributed by atoms with van der Waals surface area (Å²) in [6.45, 7) is 7.59. The zero-order chi connectivity index (χ0) is 23.8. The standard InChI is InChI=1S/C25H35N3O4S/c1-5-13-26-25(30)28(18(3)6-2)16-24(29)27-14-11-23-19(12-15-33-23)20(27)17-32-22-10-8-7-9-21(22)31-4/h7-10,12,15,18,20H,5-6,11,13-14,16-17H2,1-4H3,(H,26,30)/t18-,20+/m0/s1. The van der Waals surface area contributed by atoms with Crippen LogP contribution in [0.2, 0.25) is 0 Å². The van der Waals surface area contributed by atoms with Gasteiger partial charge >= 0.3 is 6.03 Å². The van der Waals surface area contributed by atoms with Crippen molar-refractivity contribution in [2.24, 2.45) is 0 Å². The number of hydrogen-bond acceptors (Lipinski definition) is 5. The number of nitrogens with zero attached hydrogens (tertiary/aromatic N) is 2. The fraction of sp³-hybridized carbons (Fsp3) is 0.520. The predicted octanol–water partition coefficient (Wildman–Crippen LogP) is 4.48. The van der Waals surface area contributed by atoms with Crippen LogP contribution in [0.4, 0.5) is 4.79 Å². The molecule has 0 bridgehead atoms. The van der Waals surface area contributed by atoms with Gasteiger partial charge in [-0.1, -0.05) is 26.0 Å². The zero-order valence-electron chi connectivity index (χ0n) is 20.0. The van der Waals surface area contributed by atoms with E-state index in [-0.39, 0.29) is 30.6 Å². The predicted molar refractivity (Wildman–Crippen MR) is 131 cm³/mol. The van der Waals surface area contributed by atoms with Gasteiger partial charge < -0.3 is 24.6 Å². The molecule has 0 saturated heterocycles. The van der Waals surface area contributed by atoms with Crippen LogP contribution in [-0.4, -0.2) is 61.1 Å². The number of fused-ring (bicyclic) bond motifs is 1. The Kier molecular flexibility index (Phi) is 9.00. The maximum Gasteiger partial charge on any atom is 0.318 e. The molecule has 0 saturated carbocycles. The molecule has 1 aromatic carbocycles. The summed E-state index contributed by atoms with van der Waals surface area (Å²) in [5.41, 5.74) is 1.13. The highest BCUT2D eigenvalue weighted by Crippen LogP contribution is 2.35. The second-order valence-electron chi connectivity index (χ2n) is 8.23. The number of carbonyl (C=O) groups excluding carboxylic acids is 2. The Morgan fingerprint density at radius 3 is 2.70 bits per heavy atom. The Hall–Kier alpha value is -2.74. The number of thiophene rings is 1. The third kappa shape index (κ3) is 5.99. The molecule has 0 fully saturated rings. The van der Waals surface area contributed by atoms with Crippen LogP contribution in [-0.2, 0) is 11.2 Å². The van der Waals surface area contributed by atoms with Crippen molar-refractivity contribution in [2.45, 2.75) is 52.1 Å². The van der Waals surface area contributed by atoms with E-state index in [1.165, 1.54) is 4.88 Å². The average Bonchev–Trinajstić information content (AvgIpc) is 3.33. The van der Waals surface area contributed by atoms with E-state index >= 15 is 0 Å². The van der Waals surface area contributed by atoms with Crippen molar-refractivity contribution < 1.29 is 19.1 Å². The van der Waals surface area contributed by atoms with Gasteiger partial charge in [0.1, 0.15) is 13.2 Å². The second-order valence-corrected chi connectivity index (χ2v) is 9.23. The van der Waals surface area contributed by atoms with Crippen LogP contribution >= 0.6 is 11.3 Å². The Labute approximate surface area is 200 Å². The summed E-state index contributed by atoms with van der Waals surface area (Å²) in [7, 11) is 1.61. The molecule has 2 heterocycles. The van der Waals surface area contributed by atoms with Crippen LogP contribution in [0.1, 0.15) is 50.1 Å². The van der Waals surface area contributed by atoms with Crippen molar-refractivity contribution in [1.29, 1.82) is 0 Å². The van der Waals surface area contributed by atoms with Crippen LogP contribution in [0.15, 0.2) is 35.7 Å². The minimum atomic E-state index is -0.213. The lowest BCUT2D eigenvalue weighted by Crippen LogP contribution is -2.52. The molecule has 3 amide bonds. The van der Waals surface area contributed by atoms with Crippen molar-refractivity contribution >= 4 is 23.3 Å². The van der Waals surface area contributed by atoms with E-state index in [4.69, 9.17) is 9.47 Å². The molecule has 1 aliphatic rings. The molecule has 8 heteroatoms. The molecule has 3 rings (SSSR count). The molecule has 2 aromatic rings. The molecular weight excluding hydrogens is 438 g/mol. The van der Waals surface area contributed by atoms with Crippen LogP contribution < -0.4 is 14.8 Å². The molecule has 2 atom stereocenters. The van der Waals surface area contributed by atoms with Gasteiger partial charge in [0.2, 0.25) is 5.91 Å². The van der Waals surface area contributed by atoms with Crippen molar-refractivity contribution in [3.05, 3.63) is 46.2 Å². The first-order chi connectivity index (χ1) is 16.0. The van der Waals surface area contributed by atoms with E-state index in [0.29, 0.717) is 31.2 Å². The number of hydrogen-bond donors (Lipinski definition) is 1. The highest BCUT2D eigenvalue weighted by atomic mass is 32.1. The summed E-state index contributed by atoms with van der Waals surface area (Å²) in [4.78, 5) is 31.1. The number of ether oxygens (including phenoxy) is 2. The Morgan fingerprint density at radius 1 is 1.24 bits per heavy atom. The summed E-state index contributed by atoms with van der Waals surface area (Å²) in [5.74, 6) is 1.25. The lowest BCUT2D eigenvalue weighted by molar-refractivity contribution is -0.135. The SMILES string of the molecule is CCCNC(=O)N(CC(=O)N1CCc2sccc2[C@H]1COc1ccccc1OC)[C@@H](C)CC. The number of amides is 3. The summed E-state index contributed by atoms with van der Waals surface area (Å²) < 4.78 is 11.6. The van der Waals surface area contributed by atoms with Gasteiger partial charge in [0.05, 0.1) is 13.2 Å². The van der Waals surface area contributed by atoms with Gasteiger partial charge in [0.25, 0.3) is 0 Å². The molecule has 0 radical (unpaired) electrons. The molecule has 0 spiro atoms. The van der Waals surface area contributed by atoms with Crippen LogP contribution in [0.25, 0.3) is 0 Å². The minimum absolute atomic E-state index is 0.0319. The maximum absolute atomic E-state index is 13.5. The number of methoxy groups -OCH3 is 1. The fourth-order valence-corrected chi connectivity index (χ4v) is 4.93. The lowest BCUT2D eigenvalue weighted by Gasteiger charge is -2.38. The van der Waals surface area contributed by atoms with Gasteiger partial charge in [-0.05, 0) is 55.3 Å². The number of carbonyl (C=O) groups is 2. The van der Waals surface area contributed by atoms with Crippen molar-refractivity contribution in [3.8, 4) is 11.5 Å². The van der Waals surface area contributed by atoms with E-state index in [1.807, 2.05) is 49.9 Å². The molecule has 7 nitrogen and oxygen atoms in total. The third-order valence-electron chi connectivity index (χ3n) is 6.10. The van der Waals surface area contributed by atoms with E-state index in [2.05, 4.69) is 16.8 Å². The first kappa shape index (κ1) is 24.9. The second kappa shape index (κ2) is 11.9. The van der Waals surface area contributed by atoms with Crippen LogP contribution in [0.5, 0.6) is 11.5 Å². The van der Waals surface area contributed by atoms with E-state index in [9.17, 15) is 9.59 Å². The van der Waals surface area contributed by atoms with E-state index in [0.717, 1.165) is 24.8 Å². The number of urea groups is 1. The largest absolute Gasteiger partial charge is 0.493 e. The molecule has 0 aliphatic carbocycles. The van der Waals surface area contributed by atoms with Crippen molar-refractivity contribution in [1.82, 2.24) is 15.1 Å². The first-order valence-electron chi connectivity index (χ1n) is 11.7. The number of para-hydroxylation sites is 2. The summed E-state index contributed by atoms with van der Waals surface area (Å²) >= 11 is 1.72. The summed E-state index contributed by atoms with van der Waals surface area (Å²) in [6.07, 6.45) is 2.44. The maximum atomic E-state index is 13.5. The zero-order valence-corrected chi connectivity index (χ0v) is 20.8. The quantitative estimate of drug-likeness (QED) is 0.552. The van der Waals surface area contributed by atoms with Gasteiger partial charge in [-0.3, -0.25) is 4.79 Å². The Morgan fingerprint density at radius 2 is 2.00 bits per heavy atom. The molecule has 1 aromatic heterocycles. The van der Waals surface area contributed by atoms with E-state index < -0.39 is 0 Å². The smallest absolute Gasteiger partial charge is 0.318 e. The van der Waals surface area contributed by atoms with Gasteiger partial charge in [-0.25, -0.2) is 4.79 Å². The molecule has 1 aliphatic heterocycles. The lowest BCUT2D eigenvalue weighted by atomic mass is 10.00. The Bertz CT molecular complexity index is 932. The fourth-order valence-electron chi connectivity index (χ4n) is 4.00. The molecule has 0 unspecified atom stereocenters. The van der Waals surface area contributed by atoms with Gasteiger partial charge in [-0.2, -0.15) is 0 Å². The molecule has 1 N–H and O–H groups in total. The number of benzene rings is 1. The molecule has 33 heavy (non-hydrogen) atoms. The molecular formula is C25H35N3O4S. The number of nitrogens with one attached hydrogen (secondary N) is 1. The van der Waals surface area contributed by atoms with Gasteiger partial charge in [0.15, 0.2) is 11.5 Å². The monoisotopic (exact) mass is 473 g/mol. The average molecular weight is 474 g/mol. The third-order valence-corrected chi connectivity index (χ3v) is 7.09. The van der Waals surface area contributed by atoms with Crippen molar-refractivity contribution in [2.75, 3.05) is 33.4 Å². The van der Waals surface area contributed by atoms with Gasteiger partial charge in [0, 0.05) is 24.0 Å². The topological polar surface area (TPSA) is 71.1 Å². The van der Waals surface area contributed by atoms with Crippen LogP contribution in [0, 0.1) is 0 Å². The highest BCUT2D eigenvalue weighted by Gasteiger charge is 2.34. The van der Waals surface area contributed by atoms with Crippen molar-refractivity contribution in [3.63, 3.8) is 0 Å². The van der Waals surface area contributed by atoms with Gasteiger partial charge in [-0.15, -0.1) is 11.3 Å². The van der Waals surface area contributed by atoms with E-state index in [1.54, 1.807) is 23.3 Å². The normalized spacial score (nSPS) is 16.0. The first-order valence-corrected chi connectivity index (χ1v) is 12.5. The Balaban J connectivity index is 1.78. The number of rotatable bonds is 10. The molecule has 180 valence electrons. The van der Waals surface area contributed by atoms with Crippen LogP contribution in [0.3, 0.4) is 0 Å². The highest BCUT2D eigenvalue weighted by molar-refractivity contribution is 7.10. The summed E-state index contributed by atoms with van der Waals surface area (Å²) in [5, 5.41) is 4.99. The minimum Gasteiger partial charge on any atom is -0.493 e.